The number of para-hydroxylation sites is 1. The summed E-state index contributed by atoms with van der Waals surface area (Å²) in [5.74, 6) is -1.44. The molecule has 0 saturated carbocycles. The van der Waals surface area contributed by atoms with Crippen LogP contribution in [0.15, 0.2) is 53.3 Å². The first-order valence-electron chi connectivity index (χ1n) is 9.04. The summed E-state index contributed by atoms with van der Waals surface area (Å²) in [5, 5.41) is 16.6. The van der Waals surface area contributed by atoms with Crippen molar-refractivity contribution in [2.45, 2.75) is 32.7 Å². The van der Waals surface area contributed by atoms with Crippen LogP contribution in [-0.2, 0) is 11.3 Å². The Bertz CT molecular complexity index is 1100. The molecule has 28 heavy (non-hydrogen) atoms. The Labute approximate surface area is 161 Å². The summed E-state index contributed by atoms with van der Waals surface area (Å²) in [7, 11) is 0. The number of carbonyl (C=O) groups excluding carboxylic acids is 1. The van der Waals surface area contributed by atoms with Gasteiger partial charge in [0, 0.05) is 11.1 Å². The molecule has 2 aromatic carbocycles. The number of fused-ring (bicyclic) bond motifs is 1. The predicted octanol–water partition coefficient (Wildman–Crippen LogP) is 3.25. The average Bonchev–Trinajstić information content (AvgIpc) is 2.69. The number of nitrogens with zero attached hydrogens (tertiary/aromatic N) is 2. The van der Waals surface area contributed by atoms with Crippen molar-refractivity contribution in [3.63, 3.8) is 0 Å². The van der Waals surface area contributed by atoms with Crippen LogP contribution < -0.4 is 10.9 Å². The molecular weight excluding hydrogens is 358 g/mol. The Morgan fingerprint density at radius 2 is 1.75 bits per heavy atom. The van der Waals surface area contributed by atoms with Crippen molar-refractivity contribution in [2.24, 2.45) is 0 Å². The number of rotatable bonds is 6. The van der Waals surface area contributed by atoms with Crippen LogP contribution in [0, 0.1) is 0 Å². The molecule has 0 bridgehead atoms. The van der Waals surface area contributed by atoms with Gasteiger partial charge in [-0.25, -0.2) is 9.48 Å². The van der Waals surface area contributed by atoms with Crippen molar-refractivity contribution in [3.05, 3.63) is 70.1 Å². The Balaban J connectivity index is 1.94. The van der Waals surface area contributed by atoms with Crippen molar-refractivity contribution in [3.8, 4) is 0 Å². The van der Waals surface area contributed by atoms with E-state index in [9.17, 15) is 19.5 Å². The van der Waals surface area contributed by atoms with Gasteiger partial charge in [0.05, 0.1) is 5.39 Å². The van der Waals surface area contributed by atoms with E-state index in [1.54, 1.807) is 18.2 Å². The minimum absolute atomic E-state index is 0.211. The second kappa shape index (κ2) is 8.04. The average molecular weight is 379 g/mol. The molecule has 0 spiro atoms. The van der Waals surface area contributed by atoms with Crippen molar-refractivity contribution < 1.29 is 14.7 Å². The molecule has 0 aliphatic heterocycles. The first-order valence-corrected chi connectivity index (χ1v) is 9.04. The van der Waals surface area contributed by atoms with Crippen LogP contribution in [0.5, 0.6) is 0 Å². The monoisotopic (exact) mass is 379 g/mol. The predicted molar refractivity (Wildman–Crippen MR) is 107 cm³/mol. The summed E-state index contributed by atoms with van der Waals surface area (Å²) >= 11 is 0. The minimum Gasteiger partial charge on any atom is -0.476 e. The van der Waals surface area contributed by atoms with Crippen molar-refractivity contribution >= 4 is 28.3 Å². The largest absolute Gasteiger partial charge is 0.476 e. The molecule has 2 N–H and O–H groups in total. The number of carbonyl (C=O) groups is 2. The van der Waals surface area contributed by atoms with Gasteiger partial charge in [-0.05, 0) is 30.0 Å². The molecule has 3 rings (SSSR count). The van der Waals surface area contributed by atoms with E-state index in [2.05, 4.69) is 24.3 Å². The highest BCUT2D eigenvalue weighted by atomic mass is 16.4. The lowest BCUT2D eigenvalue weighted by molar-refractivity contribution is -0.117. The number of hydrogen-bond donors (Lipinski definition) is 2. The van der Waals surface area contributed by atoms with Gasteiger partial charge in [-0.3, -0.25) is 9.59 Å². The number of nitrogens with one attached hydrogen (secondary N) is 1. The van der Waals surface area contributed by atoms with E-state index in [0.29, 0.717) is 5.69 Å². The number of anilines is 1. The van der Waals surface area contributed by atoms with Gasteiger partial charge < -0.3 is 10.4 Å². The quantitative estimate of drug-likeness (QED) is 0.685. The zero-order valence-electron chi connectivity index (χ0n) is 15.7. The SMILES string of the molecule is CC[C@@H](C)c1ccccc1NC(=O)Cn1nc(C(=O)O)c2ccccc2c1=O. The molecule has 3 aromatic rings. The van der Waals surface area contributed by atoms with Gasteiger partial charge in [-0.1, -0.05) is 50.2 Å². The highest BCUT2D eigenvalue weighted by molar-refractivity contribution is 6.01. The molecule has 0 aliphatic rings. The standard InChI is InChI=1S/C21H21N3O4/c1-3-13(2)14-8-6-7-11-17(14)22-18(25)12-24-20(26)16-10-5-4-9-15(16)19(23-24)21(27)28/h4-11,13H,3,12H2,1-2H3,(H,22,25)(H,27,28)/t13-/m1/s1. The third kappa shape index (κ3) is 3.78. The maximum Gasteiger partial charge on any atom is 0.357 e. The lowest BCUT2D eigenvalue weighted by Crippen LogP contribution is -2.31. The normalized spacial score (nSPS) is 11.9. The molecule has 0 radical (unpaired) electrons. The zero-order chi connectivity index (χ0) is 20.3. The summed E-state index contributed by atoms with van der Waals surface area (Å²) < 4.78 is 0.896. The van der Waals surface area contributed by atoms with E-state index in [-0.39, 0.29) is 28.9 Å². The van der Waals surface area contributed by atoms with Gasteiger partial charge in [-0.15, -0.1) is 0 Å². The van der Waals surface area contributed by atoms with Crippen LogP contribution in [0.1, 0.15) is 42.2 Å². The van der Waals surface area contributed by atoms with Crippen molar-refractivity contribution in [2.75, 3.05) is 5.32 Å². The molecule has 0 aliphatic carbocycles. The Kier molecular flexibility index (Phi) is 5.54. The second-order valence-electron chi connectivity index (χ2n) is 6.61. The molecule has 7 heteroatoms. The molecule has 0 unspecified atom stereocenters. The third-order valence-corrected chi connectivity index (χ3v) is 4.74. The van der Waals surface area contributed by atoms with Crippen LogP contribution in [0.25, 0.3) is 10.8 Å². The molecule has 1 amide bonds. The molecule has 1 atom stereocenters. The number of amides is 1. The highest BCUT2D eigenvalue weighted by Crippen LogP contribution is 2.26. The minimum atomic E-state index is -1.26. The smallest absolute Gasteiger partial charge is 0.357 e. The van der Waals surface area contributed by atoms with Crippen molar-refractivity contribution in [1.82, 2.24) is 9.78 Å². The molecule has 144 valence electrons. The molecular formula is C21H21N3O4. The molecule has 0 saturated heterocycles. The van der Waals surface area contributed by atoms with Gasteiger partial charge in [0.1, 0.15) is 6.54 Å². The lowest BCUT2D eigenvalue weighted by atomic mass is 9.97. The van der Waals surface area contributed by atoms with E-state index in [1.807, 2.05) is 18.2 Å². The summed E-state index contributed by atoms with van der Waals surface area (Å²) in [5.41, 5.74) is 0.909. The number of carboxylic acid groups (broad SMARTS) is 1. The number of carboxylic acids is 1. The van der Waals surface area contributed by atoms with E-state index >= 15 is 0 Å². The zero-order valence-corrected chi connectivity index (χ0v) is 15.7. The van der Waals surface area contributed by atoms with E-state index in [0.717, 1.165) is 16.7 Å². The fourth-order valence-corrected chi connectivity index (χ4v) is 3.09. The van der Waals surface area contributed by atoms with Crippen LogP contribution in [0.3, 0.4) is 0 Å². The Hall–Kier alpha value is -3.48. The lowest BCUT2D eigenvalue weighted by Gasteiger charge is -2.16. The first-order chi connectivity index (χ1) is 13.4. The first kappa shape index (κ1) is 19.3. The fourth-order valence-electron chi connectivity index (χ4n) is 3.09. The number of aromatic carboxylic acids is 1. The summed E-state index contributed by atoms with van der Waals surface area (Å²) in [6.45, 7) is 3.76. The highest BCUT2D eigenvalue weighted by Gasteiger charge is 2.18. The third-order valence-electron chi connectivity index (χ3n) is 4.74. The van der Waals surface area contributed by atoms with E-state index in [1.165, 1.54) is 12.1 Å². The topological polar surface area (TPSA) is 101 Å². The van der Waals surface area contributed by atoms with Crippen LogP contribution in [0.2, 0.25) is 0 Å². The summed E-state index contributed by atoms with van der Waals surface area (Å²) in [6.07, 6.45) is 0.917. The van der Waals surface area contributed by atoms with Crippen molar-refractivity contribution in [1.29, 1.82) is 0 Å². The maximum atomic E-state index is 12.6. The second-order valence-corrected chi connectivity index (χ2v) is 6.61. The van der Waals surface area contributed by atoms with Gasteiger partial charge in [0.15, 0.2) is 5.69 Å². The van der Waals surface area contributed by atoms with Crippen LogP contribution in [-0.4, -0.2) is 26.8 Å². The van der Waals surface area contributed by atoms with E-state index < -0.39 is 17.4 Å². The summed E-state index contributed by atoms with van der Waals surface area (Å²) in [4.78, 5) is 36.7. The molecule has 0 fully saturated rings. The Morgan fingerprint density at radius 3 is 2.43 bits per heavy atom. The fraction of sp³-hybridized carbons (Fsp3) is 0.238. The Morgan fingerprint density at radius 1 is 1.11 bits per heavy atom. The number of benzene rings is 2. The molecule has 1 aromatic heterocycles. The number of aromatic nitrogens is 2. The van der Waals surface area contributed by atoms with Gasteiger partial charge in [-0.2, -0.15) is 5.10 Å². The maximum absolute atomic E-state index is 12.6. The summed E-state index contributed by atoms with van der Waals surface area (Å²) in [6, 6.07) is 13.8. The van der Waals surface area contributed by atoms with Gasteiger partial charge in [0.25, 0.3) is 5.56 Å². The van der Waals surface area contributed by atoms with Crippen LogP contribution >= 0.6 is 0 Å². The van der Waals surface area contributed by atoms with Gasteiger partial charge >= 0.3 is 5.97 Å². The van der Waals surface area contributed by atoms with E-state index in [4.69, 9.17) is 0 Å². The van der Waals surface area contributed by atoms with Crippen LogP contribution in [0.4, 0.5) is 5.69 Å². The van der Waals surface area contributed by atoms with Gasteiger partial charge in [0.2, 0.25) is 5.91 Å². The molecule has 7 nitrogen and oxygen atoms in total. The molecule has 1 heterocycles. The number of hydrogen-bond acceptors (Lipinski definition) is 4.